The highest BCUT2D eigenvalue weighted by Gasteiger charge is 2.24. The SMILES string of the molecule is C#Cc1cccc2nc(C(C)NC(=O)c3c(N)nn4cccnc34)c(-c3ccccc3)nc12. The first kappa shape index (κ1) is 20.2. The van der Waals surface area contributed by atoms with E-state index in [0.29, 0.717) is 33.6 Å². The Hall–Kier alpha value is -4.77. The molecule has 0 bridgehead atoms. The zero-order chi connectivity index (χ0) is 22.9. The molecule has 2 aromatic carbocycles. The molecule has 0 aliphatic heterocycles. The molecular weight excluding hydrogens is 414 g/mol. The second kappa shape index (κ2) is 8.05. The van der Waals surface area contributed by atoms with Crippen LogP contribution in [0.1, 0.15) is 34.6 Å². The fourth-order valence-corrected chi connectivity index (χ4v) is 3.78. The molecule has 8 heteroatoms. The first-order chi connectivity index (χ1) is 16.1. The van der Waals surface area contributed by atoms with Crippen LogP contribution in [0.25, 0.3) is 27.9 Å². The molecule has 0 aliphatic rings. The largest absolute Gasteiger partial charge is 0.381 e. The molecule has 0 radical (unpaired) electrons. The van der Waals surface area contributed by atoms with Crippen LogP contribution < -0.4 is 11.1 Å². The Labute approximate surface area is 189 Å². The van der Waals surface area contributed by atoms with Crippen molar-refractivity contribution < 1.29 is 4.79 Å². The molecule has 0 spiro atoms. The second-order valence-corrected chi connectivity index (χ2v) is 7.48. The van der Waals surface area contributed by atoms with Crippen molar-refractivity contribution in [2.45, 2.75) is 13.0 Å². The van der Waals surface area contributed by atoms with Crippen molar-refractivity contribution in [1.82, 2.24) is 29.9 Å². The molecule has 3 aromatic heterocycles. The van der Waals surface area contributed by atoms with E-state index in [1.807, 2.05) is 55.5 Å². The number of para-hydroxylation sites is 1. The van der Waals surface area contributed by atoms with Crippen LogP contribution in [0.4, 0.5) is 5.82 Å². The van der Waals surface area contributed by atoms with Crippen LogP contribution in [-0.4, -0.2) is 30.5 Å². The van der Waals surface area contributed by atoms with E-state index >= 15 is 0 Å². The Bertz CT molecular complexity index is 1550. The molecule has 8 nitrogen and oxygen atoms in total. The maximum atomic E-state index is 13.2. The van der Waals surface area contributed by atoms with Crippen LogP contribution in [0, 0.1) is 12.3 Å². The lowest BCUT2D eigenvalue weighted by molar-refractivity contribution is 0.0941. The zero-order valence-corrected chi connectivity index (χ0v) is 17.7. The molecule has 3 heterocycles. The number of carbonyl (C=O) groups excluding carboxylic acids is 1. The van der Waals surface area contributed by atoms with E-state index in [1.54, 1.807) is 18.5 Å². The van der Waals surface area contributed by atoms with Gasteiger partial charge in [-0.3, -0.25) is 4.79 Å². The smallest absolute Gasteiger partial charge is 0.259 e. The minimum atomic E-state index is -0.489. The first-order valence-corrected chi connectivity index (χ1v) is 10.3. The van der Waals surface area contributed by atoms with Crippen molar-refractivity contribution in [2.75, 3.05) is 5.73 Å². The molecule has 0 aliphatic carbocycles. The van der Waals surface area contributed by atoms with Gasteiger partial charge in [-0.25, -0.2) is 19.5 Å². The zero-order valence-electron chi connectivity index (χ0n) is 17.7. The van der Waals surface area contributed by atoms with E-state index in [9.17, 15) is 4.79 Å². The number of rotatable bonds is 4. The Morgan fingerprint density at radius 3 is 2.73 bits per heavy atom. The number of aromatic nitrogens is 5. The fraction of sp³-hybridized carbons (Fsp3) is 0.0800. The van der Waals surface area contributed by atoms with Crippen LogP contribution in [0.3, 0.4) is 0 Å². The highest BCUT2D eigenvalue weighted by Crippen LogP contribution is 2.29. The molecule has 0 saturated heterocycles. The highest BCUT2D eigenvalue weighted by atomic mass is 16.1. The molecule has 5 rings (SSSR count). The Morgan fingerprint density at radius 1 is 1.12 bits per heavy atom. The summed E-state index contributed by atoms with van der Waals surface area (Å²) < 4.78 is 1.47. The van der Waals surface area contributed by atoms with Gasteiger partial charge in [-0.15, -0.1) is 11.5 Å². The normalized spacial score (nSPS) is 11.9. The van der Waals surface area contributed by atoms with Gasteiger partial charge in [-0.1, -0.05) is 42.3 Å². The Morgan fingerprint density at radius 2 is 1.94 bits per heavy atom. The standard InChI is InChI=1S/C25H19N7O/c1-3-16-11-7-12-18-21(16)30-22(17-9-5-4-6-10-17)20(29-18)15(2)28-25(33)19-23(26)31-32-14-8-13-27-24(19)32/h1,4-15H,2H3,(H2,26,31)(H,28,33). The van der Waals surface area contributed by atoms with Gasteiger partial charge in [0.25, 0.3) is 5.91 Å². The number of nitrogens with two attached hydrogens (primary N) is 1. The molecular formula is C25H19N7O. The topological polar surface area (TPSA) is 111 Å². The molecule has 3 N–H and O–H groups in total. The molecule has 33 heavy (non-hydrogen) atoms. The van der Waals surface area contributed by atoms with Gasteiger partial charge in [0.05, 0.1) is 28.5 Å². The molecule has 160 valence electrons. The lowest BCUT2D eigenvalue weighted by atomic mass is 10.0. The first-order valence-electron chi connectivity index (χ1n) is 10.3. The van der Waals surface area contributed by atoms with Crippen LogP contribution in [0.2, 0.25) is 0 Å². The summed E-state index contributed by atoms with van der Waals surface area (Å²) in [6, 6.07) is 16.4. The summed E-state index contributed by atoms with van der Waals surface area (Å²) in [6.07, 6.45) is 8.95. The summed E-state index contributed by atoms with van der Waals surface area (Å²) in [6.45, 7) is 1.85. The third-order valence-electron chi connectivity index (χ3n) is 5.33. The minimum absolute atomic E-state index is 0.102. The van der Waals surface area contributed by atoms with Crippen molar-refractivity contribution in [3.8, 4) is 23.6 Å². The quantitative estimate of drug-likeness (QED) is 0.420. The number of anilines is 1. The number of hydrogen-bond donors (Lipinski definition) is 2. The molecule has 1 amide bonds. The van der Waals surface area contributed by atoms with Gasteiger partial charge in [0, 0.05) is 18.0 Å². The van der Waals surface area contributed by atoms with E-state index in [-0.39, 0.29) is 11.4 Å². The summed E-state index contributed by atoms with van der Waals surface area (Å²) in [5, 5.41) is 7.14. The number of nitrogens with zero attached hydrogens (tertiary/aromatic N) is 5. The summed E-state index contributed by atoms with van der Waals surface area (Å²) in [7, 11) is 0. The summed E-state index contributed by atoms with van der Waals surface area (Å²) in [5.41, 5.74) is 10.7. The van der Waals surface area contributed by atoms with Crippen molar-refractivity contribution in [3.05, 3.63) is 83.8 Å². The van der Waals surface area contributed by atoms with Crippen molar-refractivity contribution in [3.63, 3.8) is 0 Å². The number of nitrogen functional groups attached to an aromatic ring is 1. The molecule has 0 fully saturated rings. The van der Waals surface area contributed by atoms with E-state index < -0.39 is 11.9 Å². The summed E-state index contributed by atoms with van der Waals surface area (Å²) in [4.78, 5) is 27.1. The average molecular weight is 433 g/mol. The number of nitrogens with one attached hydrogen (secondary N) is 1. The Kier molecular flexibility index (Phi) is 4.92. The molecule has 1 unspecified atom stereocenters. The monoisotopic (exact) mass is 433 g/mol. The van der Waals surface area contributed by atoms with Crippen LogP contribution in [0.15, 0.2) is 67.0 Å². The lowest BCUT2D eigenvalue weighted by Crippen LogP contribution is -2.28. The van der Waals surface area contributed by atoms with E-state index in [2.05, 4.69) is 21.3 Å². The van der Waals surface area contributed by atoms with Crippen LogP contribution in [0.5, 0.6) is 0 Å². The van der Waals surface area contributed by atoms with E-state index in [4.69, 9.17) is 22.1 Å². The Balaban J connectivity index is 1.60. The maximum Gasteiger partial charge on any atom is 0.259 e. The van der Waals surface area contributed by atoms with Gasteiger partial charge < -0.3 is 11.1 Å². The second-order valence-electron chi connectivity index (χ2n) is 7.48. The van der Waals surface area contributed by atoms with Crippen molar-refractivity contribution in [1.29, 1.82) is 0 Å². The van der Waals surface area contributed by atoms with Crippen molar-refractivity contribution in [2.24, 2.45) is 0 Å². The van der Waals surface area contributed by atoms with E-state index in [0.717, 1.165) is 5.56 Å². The average Bonchev–Trinajstić information content (AvgIpc) is 3.19. The van der Waals surface area contributed by atoms with Crippen molar-refractivity contribution >= 4 is 28.4 Å². The maximum absolute atomic E-state index is 13.2. The van der Waals surface area contributed by atoms with E-state index in [1.165, 1.54) is 4.52 Å². The summed E-state index contributed by atoms with van der Waals surface area (Å²) in [5.74, 6) is 2.37. The third kappa shape index (κ3) is 3.51. The van der Waals surface area contributed by atoms with Crippen LogP contribution in [-0.2, 0) is 0 Å². The third-order valence-corrected chi connectivity index (χ3v) is 5.33. The molecule has 5 aromatic rings. The van der Waals surface area contributed by atoms with Gasteiger partial charge in [-0.05, 0) is 25.1 Å². The van der Waals surface area contributed by atoms with Gasteiger partial charge >= 0.3 is 0 Å². The fourth-order valence-electron chi connectivity index (χ4n) is 3.78. The minimum Gasteiger partial charge on any atom is -0.381 e. The highest BCUT2D eigenvalue weighted by molar-refractivity contribution is 6.04. The lowest BCUT2D eigenvalue weighted by Gasteiger charge is -2.18. The van der Waals surface area contributed by atoms with Gasteiger partial charge in [0.15, 0.2) is 11.5 Å². The van der Waals surface area contributed by atoms with Crippen LogP contribution >= 0.6 is 0 Å². The molecule has 1 atom stereocenters. The number of terminal acetylenes is 1. The number of benzene rings is 2. The van der Waals surface area contributed by atoms with Gasteiger partial charge in [-0.2, -0.15) is 0 Å². The van der Waals surface area contributed by atoms with Gasteiger partial charge in [0.1, 0.15) is 11.1 Å². The number of amides is 1. The summed E-state index contributed by atoms with van der Waals surface area (Å²) >= 11 is 0. The molecule has 0 saturated carbocycles. The predicted octanol–water partition coefficient (Wildman–Crippen LogP) is 3.39. The number of hydrogen-bond acceptors (Lipinski definition) is 6. The number of carbonyl (C=O) groups is 1. The van der Waals surface area contributed by atoms with Gasteiger partial charge in [0.2, 0.25) is 0 Å². The number of fused-ring (bicyclic) bond motifs is 2. The predicted molar refractivity (Wildman–Crippen MR) is 126 cm³/mol.